The molecule has 0 spiro atoms. The molecule has 0 radical (unpaired) electrons. The summed E-state index contributed by atoms with van der Waals surface area (Å²) in [5.41, 5.74) is 2.03. The Labute approximate surface area is 175 Å². The van der Waals surface area contributed by atoms with Gasteiger partial charge in [0.05, 0.1) is 22.7 Å². The van der Waals surface area contributed by atoms with E-state index in [-0.39, 0.29) is 24.3 Å². The van der Waals surface area contributed by atoms with E-state index in [4.69, 9.17) is 0 Å². The first kappa shape index (κ1) is 19.2. The summed E-state index contributed by atoms with van der Waals surface area (Å²) in [5, 5.41) is 7.21. The van der Waals surface area contributed by atoms with E-state index >= 15 is 0 Å². The molecule has 0 saturated carbocycles. The van der Waals surface area contributed by atoms with Crippen LogP contribution in [-0.2, 0) is 4.79 Å². The van der Waals surface area contributed by atoms with E-state index < -0.39 is 0 Å². The molecule has 1 aliphatic heterocycles. The second-order valence-electron chi connectivity index (χ2n) is 6.35. The number of thiophene rings is 1. The first-order valence-corrected chi connectivity index (χ1v) is 10.5. The molecule has 2 heterocycles. The molecule has 1 aromatic heterocycles. The molecular formula is C21H17N3O3S2. The van der Waals surface area contributed by atoms with Gasteiger partial charge in [-0.05, 0) is 41.8 Å². The second-order valence-corrected chi connectivity index (χ2v) is 8.38. The molecule has 8 heteroatoms. The maximum Gasteiger partial charge on any atom is 0.261 e. The number of rotatable bonds is 4. The summed E-state index contributed by atoms with van der Waals surface area (Å²) in [6, 6.07) is 16.3. The van der Waals surface area contributed by atoms with Gasteiger partial charge in [0, 0.05) is 22.5 Å². The largest absolute Gasteiger partial charge is 0.342 e. The summed E-state index contributed by atoms with van der Waals surface area (Å²) in [6.45, 7) is -0.123. The molecule has 29 heavy (non-hydrogen) atoms. The summed E-state index contributed by atoms with van der Waals surface area (Å²) >= 11 is 2.81. The Morgan fingerprint density at radius 1 is 1.03 bits per heavy atom. The molecule has 1 aliphatic rings. The van der Waals surface area contributed by atoms with E-state index in [1.165, 1.54) is 23.1 Å². The van der Waals surface area contributed by atoms with Crippen molar-refractivity contribution in [2.45, 2.75) is 9.79 Å². The normalized spacial score (nSPS) is 12.6. The summed E-state index contributed by atoms with van der Waals surface area (Å²) in [4.78, 5) is 40.8. The zero-order chi connectivity index (χ0) is 20.4. The first-order valence-electron chi connectivity index (χ1n) is 8.83. The molecule has 146 valence electrons. The van der Waals surface area contributed by atoms with Gasteiger partial charge in [-0.3, -0.25) is 14.4 Å². The lowest BCUT2D eigenvalue weighted by molar-refractivity contribution is -0.115. The third-order valence-corrected chi connectivity index (χ3v) is 6.39. The zero-order valence-electron chi connectivity index (χ0n) is 15.5. The van der Waals surface area contributed by atoms with Crippen LogP contribution >= 0.6 is 23.1 Å². The summed E-state index contributed by atoms with van der Waals surface area (Å²) in [5.74, 6) is -0.664. The number of carbonyl (C=O) groups excluding carboxylic acids is 3. The number of hydrogen-bond acceptors (Lipinski definition) is 5. The lowest BCUT2D eigenvalue weighted by Gasteiger charge is -2.18. The fourth-order valence-electron chi connectivity index (χ4n) is 2.95. The van der Waals surface area contributed by atoms with Crippen LogP contribution in [-0.4, -0.2) is 31.3 Å². The third kappa shape index (κ3) is 4.03. The van der Waals surface area contributed by atoms with Crippen LogP contribution in [0.1, 0.15) is 20.0 Å². The number of carbonyl (C=O) groups is 3. The minimum atomic E-state index is -0.321. The van der Waals surface area contributed by atoms with Crippen LogP contribution < -0.4 is 15.5 Å². The van der Waals surface area contributed by atoms with Crippen LogP contribution in [0.5, 0.6) is 0 Å². The molecule has 3 amide bonds. The van der Waals surface area contributed by atoms with E-state index in [9.17, 15) is 14.4 Å². The van der Waals surface area contributed by atoms with E-state index in [1.807, 2.05) is 41.8 Å². The maximum absolute atomic E-state index is 12.7. The van der Waals surface area contributed by atoms with Gasteiger partial charge in [-0.1, -0.05) is 30.0 Å². The number of benzene rings is 2. The van der Waals surface area contributed by atoms with Crippen LogP contribution in [0.3, 0.4) is 0 Å². The average molecular weight is 424 g/mol. The van der Waals surface area contributed by atoms with Crippen molar-refractivity contribution in [3.8, 4) is 0 Å². The maximum atomic E-state index is 12.7. The highest BCUT2D eigenvalue weighted by Crippen LogP contribution is 2.41. The number of hydrogen-bond donors (Lipinski definition) is 2. The van der Waals surface area contributed by atoms with Crippen LogP contribution in [0.2, 0.25) is 0 Å². The smallest absolute Gasteiger partial charge is 0.261 e. The number of nitrogens with one attached hydrogen (secondary N) is 2. The van der Waals surface area contributed by atoms with E-state index in [0.29, 0.717) is 16.1 Å². The zero-order valence-corrected chi connectivity index (χ0v) is 17.1. The van der Waals surface area contributed by atoms with Crippen molar-refractivity contribution in [1.29, 1.82) is 0 Å². The van der Waals surface area contributed by atoms with Gasteiger partial charge in [-0.15, -0.1) is 11.3 Å². The summed E-state index contributed by atoms with van der Waals surface area (Å²) < 4.78 is 0. The van der Waals surface area contributed by atoms with Crippen molar-refractivity contribution < 1.29 is 14.4 Å². The SMILES string of the molecule is CN1C(=O)c2ccccc2Sc2cc(NC(=O)CNC(=O)c3cccs3)ccc21. The number of fused-ring (bicyclic) bond motifs is 2. The molecule has 0 saturated heterocycles. The molecule has 0 atom stereocenters. The number of amides is 3. The average Bonchev–Trinajstić information content (AvgIpc) is 3.23. The van der Waals surface area contributed by atoms with E-state index in [0.717, 1.165) is 15.5 Å². The molecule has 0 fully saturated rings. The Morgan fingerprint density at radius 2 is 1.86 bits per heavy atom. The molecule has 3 aromatic rings. The molecule has 0 bridgehead atoms. The number of anilines is 2. The Hall–Kier alpha value is -3.10. The fourth-order valence-corrected chi connectivity index (χ4v) is 4.74. The van der Waals surface area contributed by atoms with Gasteiger partial charge in [-0.2, -0.15) is 0 Å². The highest BCUT2D eigenvalue weighted by molar-refractivity contribution is 7.99. The van der Waals surface area contributed by atoms with Gasteiger partial charge in [0.25, 0.3) is 11.8 Å². The van der Waals surface area contributed by atoms with Gasteiger partial charge in [0.15, 0.2) is 0 Å². The van der Waals surface area contributed by atoms with E-state index in [2.05, 4.69) is 10.6 Å². The fraction of sp³-hybridized carbons (Fsp3) is 0.0952. The van der Waals surface area contributed by atoms with Crippen LogP contribution in [0.15, 0.2) is 69.8 Å². The van der Waals surface area contributed by atoms with Crippen molar-refractivity contribution in [2.24, 2.45) is 0 Å². The first-order chi connectivity index (χ1) is 14.0. The van der Waals surface area contributed by atoms with Gasteiger partial charge in [-0.25, -0.2) is 0 Å². The molecule has 2 aromatic carbocycles. The van der Waals surface area contributed by atoms with Crippen molar-refractivity contribution in [2.75, 3.05) is 23.8 Å². The van der Waals surface area contributed by atoms with Crippen LogP contribution in [0, 0.1) is 0 Å². The third-order valence-electron chi connectivity index (χ3n) is 4.40. The van der Waals surface area contributed by atoms with Crippen molar-refractivity contribution in [1.82, 2.24) is 5.32 Å². The van der Waals surface area contributed by atoms with Gasteiger partial charge >= 0.3 is 0 Å². The van der Waals surface area contributed by atoms with Gasteiger partial charge in [0.1, 0.15) is 0 Å². The minimum Gasteiger partial charge on any atom is -0.342 e. The van der Waals surface area contributed by atoms with Crippen molar-refractivity contribution in [3.05, 3.63) is 70.4 Å². The molecule has 4 rings (SSSR count). The summed E-state index contributed by atoms with van der Waals surface area (Å²) in [6.07, 6.45) is 0. The van der Waals surface area contributed by atoms with Crippen molar-refractivity contribution in [3.63, 3.8) is 0 Å². The highest BCUT2D eigenvalue weighted by atomic mass is 32.2. The minimum absolute atomic E-state index is 0.0695. The topological polar surface area (TPSA) is 78.5 Å². The molecule has 6 nitrogen and oxygen atoms in total. The predicted octanol–water partition coefficient (Wildman–Crippen LogP) is 3.86. The Bertz CT molecular complexity index is 1100. The van der Waals surface area contributed by atoms with Gasteiger partial charge in [0.2, 0.25) is 5.91 Å². The quantitative estimate of drug-likeness (QED) is 0.668. The van der Waals surface area contributed by atoms with Crippen LogP contribution in [0.4, 0.5) is 11.4 Å². The molecule has 0 aliphatic carbocycles. The Balaban J connectivity index is 1.48. The summed E-state index contributed by atoms with van der Waals surface area (Å²) in [7, 11) is 1.74. The molecule has 2 N–H and O–H groups in total. The molecule has 0 unspecified atom stereocenters. The lowest BCUT2D eigenvalue weighted by atomic mass is 10.2. The molecular weight excluding hydrogens is 406 g/mol. The number of nitrogens with zero attached hydrogens (tertiary/aromatic N) is 1. The van der Waals surface area contributed by atoms with Gasteiger partial charge < -0.3 is 15.5 Å². The predicted molar refractivity (Wildman–Crippen MR) is 115 cm³/mol. The lowest BCUT2D eigenvalue weighted by Crippen LogP contribution is -2.32. The highest BCUT2D eigenvalue weighted by Gasteiger charge is 2.24. The van der Waals surface area contributed by atoms with Crippen LogP contribution in [0.25, 0.3) is 0 Å². The second kappa shape index (κ2) is 8.10. The Morgan fingerprint density at radius 3 is 2.66 bits per heavy atom. The van der Waals surface area contributed by atoms with E-state index in [1.54, 1.807) is 30.1 Å². The Kier molecular flexibility index (Phi) is 5.37. The van der Waals surface area contributed by atoms with Crippen molar-refractivity contribution >= 4 is 52.2 Å². The standard InChI is InChI=1S/C21H17N3O3S2/c1-24-15-9-8-13(23-19(25)12-22-20(26)17-7-4-10-28-17)11-18(15)29-16-6-3-2-5-14(16)21(24)27/h2-11H,12H2,1H3,(H,22,26)(H,23,25). The monoisotopic (exact) mass is 423 g/mol.